The lowest BCUT2D eigenvalue weighted by Crippen LogP contribution is -2.37. The molecule has 2 unspecified atom stereocenters. The molecule has 0 bridgehead atoms. The third-order valence-corrected chi connectivity index (χ3v) is 4.02. The maximum atomic E-state index is 11.7. The molecule has 0 saturated carbocycles. The fourth-order valence-corrected chi connectivity index (χ4v) is 2.35. The standard InChI is InChI=1S/C13H30NO4P/c1-6-8-9-13(7-2)12-18-19(15,16)17-11-10-14(3,4)5/h13H,6-12H2,1-5H3/p+1. The van der Waals surface area contributed by atoms with Gasteiger partial charge in [0.05, 0.1) is 27.7 Å². The highest BCUT2D eigenvalue weighted by atomic mass is 31.2. The summed E-state index contributed by atoms with van der Waals surface area (Å²) in [5.41, 5.74) is 0. The lowest BCUT2D eigenvalue weighted by Gasteiger charge is -2.24. The molecule has 0 rings (SSSR count). The maximum absolute atomic E-state index is 11.7. The SMILES string of the molecule is CCCCC(CC)COP(=O)(O)OCC[N+](C)(C)C. The molecule has 0 aliphatic carbocycles. The molecule has 0 radical (unpaired) electrons. The Kier molecular flexibility index (Phi) is 9.12. The second-order valence-electron chi connectivity index (χ2n) is 6.03. The van der Waals surface area contributed by atoms with Crippen LogP contribution in [-0.2, 0) is 13.6 Å². The summed E-state index contributed by atoms with van der Waals surface area (Å²) in [6, 6.07) is 0. The molecule has 6 heteroatoms. The van der Waals surface area contributed by atoms with Gasteiger partial charge in [0.2, 0.25) is 0 Å². The minimum absolute atomic E-state index is 0.225. The Bertz CT molecular complexity index is 278. The van der Waals surface area contributed by atoms with E-state index in [1.54, 1.807) is 0 Å². The van der Waals surface area contributed by atoms with Crippen LogP contribution in [0.2, 0.25) is 0 Å². The van der Waals surface area contributed by atoms with Gasteiger partial charge in [0.25, 0.3) is 0 Å². The zero-order chi connectivity index (χ0) is 14.9. The zero-order valence-corrected chi connectivity index (χ0v) is 14.0. The van der Waals surface area contributed by atoms with Gasteiger partial charge < -0.3 is 9.38 Å². The normalized spacial score (nSPS) is 17.2. The van der Waals surface area contributed by atoms with Crippen molar-refractivity contribution in [3.8, 4) is 0 Å². The van der Waals surface area contributed by atoms with Crippen molar-refractivity contribution < 1.29 is 23.0 Å². The highest BCUT2D eigenvalue weighted by Gasteiger charge is 2.23. The third-order valence-electron chi connectivity index (χ3n) is 3.03. The maximum Gasteiger partial charge on any atom is 0.472 e. The van der Waals surface area contributed by atoms with Crippen LogP contribution in [0.15, 0.2) is 0 Å². The molecule has 2 atom stereocenters. The first-order valence-corrected chi connectivity index (χ1v) is 8.62. The molecule has 0 aromatic rings. The first kappa shape index (κ1) is 19.1. The smallest absolute Gasteiger partial charge is 0.329 e. The third kappa shape index (κ3) is 11.6. The topological polar surface area (TPSA) is 55.8 Å². The van der Waals surface area contributed by atoms with Gasteiger partial charge in [0, 0.05) is 0 Å². The number of rotatable bonds is 11. The molecule has 1 N–H and O–H groups in total. The van der Waals surface area contributed by atoms with E-state index in [4.69, 9.17) is 9.05 Å². The lowest BCUT2D eigenvalue weighted by atomic mass is 10.0. The van der Waals surface area contributed by atoms with Crippen molar-refractivity contribution in [2.24, 2.45) is 5.92 Å². The predicted octanol–water partition coefficient (Wildman–Crippen LogP) is 3.04. The molecule has 0 saturated heterocycles. The van der Waals surface area contributed by atoms with Crippen LogP contribution in [0.25, 0.3) is 0 Å². The minimum atomic E-state index is -3.89. The average Bonchev–Trinajstić information content (AvgIpc) is 2.27. The van der Waals surface area contributed by atoms with E-state index in [-0.39, 0.29) is 6.61 Å². The molecule has 5 nitrogen and oxygen atoms in total. The van der Waals surface area contributed by atoms with E-state index < -0.39 is 7.82 Å². The van der Waals surface area contributed by atoms with Crippen LogP contribution < -0.4 is 0 Å². The Morgan fingerprint density at radius 2 is 1.84 bits per heavy atom. The van der Waals surface area contributed by atoms with Gasteiger partial charge in [-0.2, -0.15) is 0 Å². The fourth-order valence-electron chi connectivity index (χ4n) is 1.57. The van der Waals surface area contributed by atoms with E-state index in [2.05, 4.69) is 13.8 Å². The number of unbranched alkanes of at least 4 members (excludes halogenated alkanes) is 1. The van der Waals surface area contributed by atoms with Crippen LogP contribution in [0.5, 0.6) is 0 Å². The molecular formula is C13H31NO4P+. The summed E-state index contributed by atoms with van der Waals surface area (Å²) in [5.74, 6) is 0.336. The average molecular weight is 296 g/mol. The van der Waals surface area contributed by atoms with Gasteiger partial charge in [-0.1, -0.05) is 33.1 Å². The minimum Gasteiger partial charge on any atom is -0.329 e. The number of hydrogen-bond acceptors (Lipinski definition) is 3. The van der Waals surface area contributed by atoms with Crippen molar-refractivity contribution >= 4 is 7.82 Å². The van der Waals surface area contributed by atoms with Crippen molar-refractivity contribution in [1.29, 1.82) is 0 Å². The van der Waals surface area contributed by atoms with Crippen molar-refractivity contribution in [3.05, 3.63) is 0 Å². The Balaban J connectivity index is 3.97. The lowest BCUT2D eigenvalue weighted by molar-refractivity contribution is -0.870. The van der Waals surface area contributed by atoms with Gasteiger partial charge in [-0.3, -0.25) is 9.05 Å². The molecule has 116 valence electrons. The molecule has 0 amide bonds. The monoisotopic (exact) mass is 296 g/mol. The molecular weight excluding hydrogens is 265 g/mol. The second kappa shape index (κ2) is 9.09. The van der Waals surface area contributed by atoms with E-state index in [1.807, 2.05) is 21.1 Å². The number of nitrogens with zero attached hydrogens (tertiary/aromatic N) is 1. The molecule has 0 fully saturated rings. The number of quaternary nitrogens is 1. The summed E-state index contributed by atoms with van der Waals surface area (Å²) in [7, 11) is 2.13. The van der Waals surface area contributed by atoms with Crippen molar-refractivity contribution in [2.45, 2.75) is 39.5 Å². The Labute approximate surface area is 118 Å². The van der Waals surface area contributed by atoms with Crippen LogP contribution >= 0.6 is 7.82 Å². The predicted molar refractivity (Wildman–Crippen MR) is 77.9 cm³/mol. The van der Waals surface area contributed by atoms with Gasteiger partial charge in [-0.15, -0.1) is 0 Å². The van der Waals surface area contributed by atoms with Crippen molar-refractivity contribution in [3.63, 3.8) is 0 Å². The van der Waals surface area contributed by atoms with Crippen LogP contribution in [-0.4, -0.2) is 50.3 Å². The van der Waals surface area contributed by atoms with Gasteiger partial charge in [0.1, 0.15) is 13.2 Å². The summed E-state index contributed by atoms with van der Waals surface area (Å²) < 4.78 is 22.4. The highest BCUT2D eigenvalue weighted by molar-refractivity contribution is 7.47. The number of likely N-dealkylation sites (N-methyl/N-ethyl adjacent to an activating group) is 1. The highest BCUT2D eigenvalue weighted by Crippen LogP contribution is 2.43. The molecule has 0 aliphatic rings. The molecule has 0 aromatic carbocycles. The Morgan fingerprint density at radius 1 is 1.21 bits per heavy atom. The van der Waals surface area contributed by atoms with Crippen molar-refractivity contribution in [2.75, 3.05) is 40.9 Å². The summed E-state index contributed by atoms with van der Waals surface area (Å²) in [6.07, 6.45) is 4.25. The van der Waals surface area contributed by atoms with E-state index in [0.29, 0.717) is 23.6 Å². The van der Waals surface area contributed by atoms with Crippen LogP contribution in [0.1, 0.15) is 39.5 Å². The first-order chi connectivity index (χ1) is 8.70. The van der Waals surface area contributed by atoms with Gasteiger partial charge in [0.15, 0.2) is 0 Å². The molecule has 0 heterocycles. The summed E-state index contributed by atoms with van der Waals surface area (Å²) in [5, 5.41) is 0. The van der Waals surface area contributed by atoms with Crippen molar-refractivity contribution in [1.82, 2.24) is 0 Å². The zero-order valence-electron chi connectivity index (χ0n) is 13.1. The van der Waals surface area contributed by atoms with Crippen LogP contribution in [0, 0.1) is 5.92 Å². The molecule has 19 heavy (non-hydrogen) atoms. The Hall–Kier alpha value is 0.0700. The van der Waals surface area contributed by atoms with E-state index in [1.165, 1.54) is 0 Å². The number of phosphoric acid groups is 1. The largest absolute Gasteiger partial charge is 0.472 e. The fraction of sp³-hybridized carbons (Fsp3) is 1.00. The summed E-state index contributed by atoms with van der Waals surface area (Å²) in [4.78, 5) is 9.59. The van der Waals surface area contributed by atoms with Gasteiger partial charge >= 0.3 is 7.82 Å². The quantitative estimate of drug-likeness (QED) is 0.470. The second-order valence-corrected chi connectivity index (χ2v) is 7.48. The summed E-state index contributed by atoms with van der Waals surface area (Å²) in [6.45, 7) is 5.40. The van der Waals surface area contributed by atoms with E-state index >= 15 is 0 Å². The number of phosphoric ester groups is 1. The number of hydrogen-bond donors (Lipinski definition) is 1. The summed E-state index contributed by atoms with van der Waals surface area (Å²) >= 11 is 0. The first-order valence-electron chi connectivity index (χ1n) is 7.12. The molecule has 0 aliphatic heterocycles. The molecule has 0 aromatic heterocycles. The van der Waals surface area contributed by atoms with E-state index in [9.17, 15) is 9.46 Å². The van der Waals surface area contributed by atoms with Gasteiger partial charge in [-0.05, 0) is 12.3 Å². The van der Waals surface area contributed by atoms with E-state index in [0.717, 1.165) is 25.7 Å². The Morgan fingerprint density at radius 3 is 2.32 bits per heavy atom. The molecule has 0 spiro atoms. The van der Waals surface area contributed by atoms with Gasteiger partial charge in [-0.25, -0.2) is 4.57 Å². The van der Waals surface area contributed by atoms with Crippen LogP contribution in [0.3, 0.4) is 0 Å². The van der Waals surface area contributed by atoms with Crippen LogP contribution in [0.4, 0.5) is 0 Å².